The van der Waals surface area contributed by atoms with Gasteiger partial charge in [-0.2, -0.15) is 0 Å². The van der Waals surface area contributed by atoms with Crippen LogP contribution in [0.3, 0.4) is 0 Å². The highest BCUT2D eigenvalue weighted by atomic mass is 16.6. The van der Waals surface area contributed by atoms with Gasteiger partial charge in [0.05, 0.1) is 40.9 Å². The number of methoxy groups -OCH3 is 4. The molecule has 3 aromatic rings. The molecule has 42 heavy (non-hydrogen) atoms. The van der Waals surface area contributed by atoms with Crippen molar-refractivity contribution in [3.05, 3.63) is 83.4 Å². The molecule has 224 valence electrons. The van der Waals surface area contributed by atoms with Crippen LogP contribution in [0.25, 0.3) is 0 Å². The third kappa shape index (κ3) is 8.29. The summed E-state index contributed by atoms with van der Waals surface area (Å²) < 4.78 is 26.6. The summed E-state index contributed by atoms with van der Waals surface area (Å²) in [6, 6.07) is 17.1. The largest absolute Gasteiger partial charge is 0.497 e. The number of benzene rings is 3. The average Bonchev–Trinajstić information content (AvgIpc) is 2.99. The summed E-state index contributed by atoms with van der Waals surface area (Å²) in [5.74, 6) is 0.268. The lowest BCUT2D eigenvalue weighted by Gasteiger charge is -2.27. The van der Waals surface area contributed by atoms with E-state index in [0.29, 0.717) is 28.6 Å². The molecule has 0 spiro atoms. The summed E-state index contributed by atoms with van der Waals surface area (Å²) in [6.45, 7) is 3.27. The highest BCUT2D eigenvalue weighted by Gasteiger charge is 2.31. The Bertz CT molecular complexity index is 1300. The quantitative estimate of drug-likeness (QED) is 0.268. The zero-order chi connectivity index (χ0) is 30.9. The molecule has 0 aliphatic heterocycles. The van der Waals surface area contributed by atoms with Crippen LogP contribution < -0.4 is 29.6 Å². The first kappa shape index (κ1) is 31.6. The molecule has 1 atom stereocenters. The van der Waals surface area contributed by atoms with Crippen LogP contribution in [-0.4, -0.2) is 57.6 Å². The van der Waals surface area contributed by atoms with E-state index < -0.39 is 42.1 Å². The number of carboxylic acids is 1. The molecular formula is C31H36N2O9. The van der Waals surface area contributed by atoms with Gasteiger partial charge in [-0.15, -0.1) is 0 Å². The maximum absolute atomic E-state index is 13.1. The molecule has 3 aromatic carbocycles. The number of nitrogens with one attached hydrogen (secondary N) is 2. The molecule has 3 rings (SSSR count). The normalized spacial score (nSPS) is 11.7. The summed E-state index contributed by atoms with van der Waals surface area (Å²) in [6.07, 6.45) is -1.55. The number of alkyl carbamates (subject to hydrolysis) is 1. The Labute approximate surface area is 244 Å². The third-order valence-corrected chi connectivity index (χ3v) is 6.58. The van der Waals surface area contributed by atoms with Gasteiger partial charge in [-0.1, -0.05) is 24.3 Å². The average molecular weight is 581 g/mol. The van der Waals surface area contributed by atoms with Crippen LogP contribution >= 0.6 is 0 Å². The molecule has 0 fully saturated rings. The maximum Gasteiger partial charge on any atom is 0.408 e. The fourth-order valence-corrected chi connectivity index (χ4v) is 4.17. The summed E-state index contributed by atoms with van der Waals surface area (Å²) in [5, 5.41) is 15.0. The van der Waals surface area contributed by atoms with Crippen molar-refractivity contribution in [2.24, 2.45) is 0 Å². The van der Waals surface area contributed by atoms with Crippen LogP contribution in [0.15, 0.2) is 66.7 Å². The Morgan fingerprint density at radius 2 is 1.17 bits per heavy atom. The van der Waals surface area contributed by atoms with E-state index in [9.17, 15) is 19.5 Å². The Morgan fingerprint density at radius 1 is 0.714 bits per heavy atom. The lowest BCUT2D eigenvalue weighted by molar-refractivity contribution is -0.141. The molecule has 0 saturated carbocycles. The van der Waals surface area contributed by atoms with E-state index in [1.807, 2.05) is 0 Å². The van der Waals surface area contributed by atoms with E-state index in [4.69, 9.17) is 23.7 Å². The van der Waals surface area contributed by atoms with Gasteiger partial charge in [0.2, 0.25) is 5.91 Å². The predicted molar refractivity (Wildman–Crippen MR) is 154 cm³/mol. The van der Waals surface area contributed by atoms with E-state index in [0.717, 1.165) is 11.1 Å². The van der Waals surface area contributed by atoms with Crippen LogP contribution in [0, 0.1) is 0 Å². The highest BCUT2D eigenvalue weighted by Crippen LogP contribution is 2.32. The highest BCUT2D eigenvalue weighted by molar-refractivity contribution is 5.87. The molecule has 0 aliphatic carbocycles. The van der Waals surface area contributed by atoms with Crippen LogP contribution in [-0.2, 0) is 19.9 Å². The van der Waals surface area contributed by atoms with Crippen LogP contribution in [0.4, 0.5) is 4.79 Å². The fourth-order valence-electron chi connectivity index (χ4n) is 4.17. The van der Waals surface area contributed by atoms with Gasteiger partial charge < -0.3 is 39.4 Å². The maximum atomic E-state index is 13.1. The molecule has 0 heterocycles. The van der Waals surface area contributed by atoms with Crippen molar-refractivity contribution in [1.29, 1.82) is 0 Å². The Hall–Kier alpha value is -4.93. The minimum absolute atomic E-state index is 0.491. The summed E-state index contributed by atoms with van der Waals surface area (Å²) >= 11 is 0. The van der Waals surface area contributed by atoms with E-state index in [1.165, 1.54) is 14.2 Å². The number of rotatable bonds is 13. The first-order chi connectivity index (χ1) is 20.0. The van der Waals surface area contributed by atoms with Gasteiger partial charge in [0.25, 0.3) is 0 Å². The SMILES string of the molecule is COc1ccc(C(NC(=O)C[C@H](NC(=O)OC(C)(C)c2cc(OC)cc(OC)c2)C(=O)O)c2ccc(OC)cc2)cc1. The molecule has 11 heteroatoms. The number of carbonyl (C=O) groups excluding carboxylic acids is 2. The standard InChI is InChI=1S/C31H36N2O9/c1-31(2,21-15-24(40-5)17-25(16-21)41-6)42-30(37)32-26(29(35)36)18-27(34)33-28(19-7-11-22(38-3)12-8-19)20-9-13-23(39-4)14-10-20/h7-17,26,28H,18H2,1-6H3,(H,32,37)(H,33,34)(H,35,36)/t26-/m0/s1. The zero-order valence-corrected chi connectivity index (χ0v) is 24.4. The van der Waals surface area contributed by atoms with E-state index in [2.05, 4.69) is 10.6 Å². The zero-order valence-electron chi connectivity index (χ0n) is 24.4. The number of amides is 2. The molecule has 11 nitrogen and oxygen atoms in total. The minimum atomic E-state index is -1.56. The van der Waals surface area contributed by atoms with Crippen LogP contribution in [0.5, 0.6) is 23.0 Å². The minimum Gasteiger partial charge on any atom is -0.497 e. The van der Waals surface area contributed by atoms with Gasteiger partial charge in [-0.3, -0.25) is 4.79 Å². The Balaban J connectivity index is 1.75. The summed E-state index contributed by atoms with van der Waals surface area (Å²) in [4.78, 5) is 38.0. The van der Waals surface area contributed by atoms with E-state index >= 15 is 0 Å². The van der Waals surface area contributed by atoms with Gasteiger partial charge in [-0.25, -0.2) is 9.59 Å². The first-order valence-corrected chi connectivity index (χ1v) is 13.0. The van der Waals surface area contributed by atoms with E-state index in [-0.39, 0.29) is 0 Å². The number of hydrogen-bond acceptors (Lipinski definition) is 8. The molecule has 0 radical (unpaired) electrons. The molecule has 0 bridgehead atoms. The second-order valence-corrected chi connectivity index (χ2v) is 9.79. The smallest absolute Gasteiger partial charge is 0.408 e. The summed E-state index contributed by atoms with van der Waals surface area (Å²) in [5.41, 5.74) is 0.846. The van der Waals surface area contributed by atoms with Crippen molar-refractivity contribution in [2.45, 2.75) is 38.0 Å². The number of aliphatic carboxylic acids is 1. The Morgan fingerprint density at radius 3 is 1.57 bits per heavy atom. The second-order valence-electron chi connectivity index (χ2n) is 9.79. The van der Waals surface area contributed by atoms with Crippen molar-refractivity contribution in [1.82, 2.24) is 10.6 Å². The Kier molecular flexibility index (Phi) is 10.6. The lowest BCUT2D eigenvalue weighted by atomic mass is 9.97. The molecule has 0 aliphatic rings. The van der Waals surface area contributed by atoms with Crippen LogP contribution in [0.2, 0.25) is 0 Å². The number of ether oxygens (including phenoxy) is 5. The van der Waals surface area contributed by atoms with Crippen molar-refractivity contribution in [2.75, 3.05) is 28.4 Å². The third-order valence-electron chi connectivity index (χ3n) is 6.58. The molecular weight excluding hydrogens is 544 g/mol. The number of carbonyl (C=O) groups is 3. The topological polar surface area (TPSA) is 142 Å². The molecule has 0 unspecified atom stereocenters. The number of carboxylic acid groups (broad SMARTS) is 1. The van der Waals surface area contributed by atoms with Crippen LogP contribution in [0.1, 0.15) is 43.0 Å². The van der Waals surface area contributed by atoms with Crippen molar-refractivity contribution in [3.8, 4) is 23.0 Å². The first-order valence-electron chi connectivity index (χ1n) is 13.0. The fraction of sp³-hybridized carbons (Fsp3) is 0.323. The van der Waals surface area contributed by atoms with Crippen molar-refractivity contribution >= 4 is 18.0 Å². The second kappa shape index (κ2) is 14.1. The molecule has 3 N–H and O–H groups in total. The van der Waals surface area contributed by atoms with Crippen molar-refractivity contribution in [3.63, 3.8) is 0 Å². The molecule has 2 amide bonds. The van der Waals surface area contributed by atoms with E-state index in [1.54, 1.807) is 94.8 Å². The summed E-state index contributed by atoms with van der Waals surface area (Å²) in [7, 11) is 6.10. The van der Waals surface area contributed by atoms with Crippen molar-refractivity contribution < 1.29 is 43.2 Å². The van der Waals surface area contributed by atoms with Gasteiger partial charge in [0.15, 0.2) is 0 Å². The van der Waals surface area contributed by atoms with Gasteiger partial charge in [-0.05, 0) is 61.4 Å². The number of hydrogen-bond donors (Lipinski definition) is 3. The molecule has 0 aromatic heterocycles. The lowest BCUT2D eigenvalue weighted by Crippen LogP contribution is -2.46. The molecule has 0 saturated heterocycles. The monoisotopic (exact) mass is 580 g/mol. The predicted octanol–water partition coefficient (Wildman–Crippen LogP) is 4.43. The van der Waals surface area contributed by atoms with Gasteiger partial charge >= 0.3 is 12.1 Å². The van der Waals surface area contributed by atoms with Gasteiger partial charge in [0.1, 0.15) is 34.6 Å². The van der Waals surface area contributed by atoms with Gasteiger partial charge in [0, 0.05) is 11.6 Å².